The van der Waals surface area contributed by atoms with Crippen LogP contribution in [0.15, 0.2) is 70.3 Å². The van der Waals surface area contributed by atoms with E-state index in [4.69, 9.17) is 11.5 Å². The molecule has 2 aromatic carbocycles. The Kier molecular flexibility index (Phi) is 5.20. The summed E-state index contributed by atoms with van der Waals surface area (Å²) in [5.74, 6) is -0.289. The van der Waals surface area contributed by atoms with Crippen LogP contribution in [0.2, 0.25) is 0 Å². The fourth-order valence-corrected chi connectivity index (χ4v) is 3.46. The number of hydrogen-bond donors (Lipinski definition) is 2. The maximum absolute atomic E-state index is 12.7. The van der Waals surface area contributed by atoms with E-state index in [1.165, 1.54) is 11.1 Å². The van der Waals surface area contributed by atoms with Crippen LogP contribution in [0.25, 0.3) is 11.1 Å². The molecule has 0 aliphatic carbocycles. The Morgan fingerprint density at radius 2 is 1.86 bits per heavy atom. The molecule has 0 spiro atoms. The third-order valence-electron chi connectivity index (χ3n) is 5.07. The number of carbonyl (C=O) groups is 1. The van der Waals surface area contributed by atoms with Gasteiger partial charge in [0.25, 0.3) is 5.91 Å². The third kappa shape index (κ3) is 3.36. The number of guanidine groups is 1. The third-order valence-corrected chi connectivity index (χ3v) is 5.07. The summed E-state index contributed by atoms with van der Waals surface area (Å²) in [6.07, 6.45) is 1.24. The van der Waals surface area contributed by atoms with Crippen LogP contribution in [0.4, 0.5) is 0 Å². The van der Waals surface area contributed by atoms with Gasteiger partial charge < -0.3 is 11.5 Å². The molecule has 2 aromatic rings. The molecule has 7 heteroatoms. The number of nitrogens with zero attached hydrogens (tertiary/aromatic N) is 4. The minimum absolute atomic E-state index is 0.0763. The van der Waals surface area contributed by atoms with Crippen molar-refractivity contribution in [1.29, 1.82) is 5.26 Å². The van der Waals surface area contributed by atoms with Gasteiger partial charge in [-0.15, -0.1) is 0 Å². The van der Waals surface area contributed by atoms with Gasteiger partial charge in [-0.2, -0.15) is 5.26 Å². The number of likely N-dealkylation sites (N-methyl/N-ethyl adjacent to an activating group) is 1. The van der Waals surface area contributed by atoms with Crippen LogP contribution in [0.5, 0.6) is 0 Å². The molecule has 0 radical (unpaired) electrons. The average molecular weight is 386 g/mol. The first kappa shape index (κ1) is 19.8. The lowest BCUT2D eigenvalue weighted by Gasteiger charge is -2.27. The van der Waals surface area contributed by atoms with Gasteiger partial charge in [0.15, 0.2) is 5.96 Å². The standard InChI is InChI=1S/C22H22N6O/c1-22(19(26-2)18(13-24)20(29)28(3)21(25)27-22)17-9-5-8-16(11-17)15-7-4-6-14(10-15)12-23/h4-11,13H,24H2,1-3H3,(H2,25,27). The molecule has 0 fully saturated rings. The Labute approximate surface area is 169 Å². The summed E-state index contributed by atoms with van der Waals surface area (Å²) in [5, 5.41) is 9.19. The Balaban J connectivity index is 2.22. The van der Waals surface area contributed by atoms with Gasteiger partial charge in [0.2, 0.25) is 0 Å². The molecular weight excluding hydrogens is 364 g/mol. The van der Waals surface area contributed by atoms with Crippen molar-refractivity contribution >= 4 is 17.6 Å². The molecule has 3 rings (SSSR count). The highest BCUT2D eigenvalue weighted by Crippen LogP contribution is 2.35. The van der Waals surface area contributed by atoms with E-state index in [1.54, 1.807) is 20.2 Å². The van der Waals surface area contributed by atoms with E-state index in [2.05, 4.69) is 16.1 Å². The van der Waals surface area contributed by atoms with E-state index in [0.717, 1.165) is 16.7 Å². The number of carbonyl (C=O) groups excluding carboxylic acids is 1. The molecule has 7 nitrogen and oxygen atoms in total. The number of nitriles is 1. The molecule has 1 amide bonds. The second-order valence-corrected chi connectivity index (χ2v) is 6.83. The largest absolute Gasteiger partial charge is 0.404 e. The number of rotatable bonds is 2. The van der Waals surface area contributed by atoms with Crippen LogP contribution in [0.3, 0.4) is 0 Å². The molecule has 1 unspecified atom stereocenters. The quantitative estimate of drug-likeness (QED) is 0.768. The van der Waals surface area contributed by atoms with E-state index >= 15 is 0 Å². The second-order valence-electron chi connectivity index (χ2n) is 6.83. The number of nitrogens with two attached hydrogens (primary N) is 2. The zero-order chi connectivity index (χ0) is 21.2. The van der Waals surface area contributed by atoms with Gasteiger partial charge in [-0.05, 0) is 41.8 Å². The highest BCUT2D eigenvalue weighted by Gasteiger charge is 2.41. The molecule has 0 saturated heterocycles. The molecule has 0 aromatic heterocycles. The Morgan fingerprint density at radius 1 is 1.21 bits per heavy atom. The van der Waals surface area contributed by atoms with Gasteiger partial charge >= 0.3 is 0 Å². The van der Waals surface area contributed by atoms with Crippen LogP contribution in [0.1, 0.15) is 18.1 Å². The minimum Gasteiger partial charge on any atom is -0.404 e. The van der Waals surface area contributed by atoms with Crippen LogP contribution < -0.4 is 11.5 Å². The second kappa shape index (κ2) is 7.60. The summed E-state index contributed by atoms with van der Waals surface area (Å²) in [6.45, 7) is 1.85. The molecule has 0 saturated carbocycles. The maximum Gasteiger partial charge on any atom is 0.263 e. The van der Waals surface area contributed by atoms with E-state index in [1.807, 2.05) is 49.4 Å². The summed E-state index contributed by atoms with van der Waals surface area (Å²) in [6, 6.07) is 17.2. The highest BCUT2D eigenvalue weighted by atomic mass is 16.2. The van der Waals surface area contributed by atoms with Crippen molar-refractivity contribution < 1.29 is 4.79 Å². The predicted molar refractivity (Wildman–Crippen MR) is 114 cm³/mol. The van der Waals surface area contributed by atoms with E-state index in [9.17, 15) is 10.1 Å². The average Bonchev–Trinajstić information content (AvgIpc) is 2.82. The van der Waals surface area contributed by atoms with Crippen LogP contribution in [-0.4, -0.2) is 36.6 Å². The zero-order valence-corrected chi connectivity index (χ0v) is 16.5. The summed E-state index contributed by atoms with van der Waals surface area (Å²) in [4.78, 5) is 23.0. The summed E-state index contributed by atoms with van der Waals surface area (Å²) in [5.41, 5.74) is 14.7. The number of benzene rings is 2. The van der Waals surface area contributed by atoms with Gasteiger partial charge in [-0.3, -0.25) is 14.7 Å². The van der Waals surface area contributed by atoms with Crippen molar-refractivity contribution in [3.63, 3.8) is 0 Å². The van der Waals surface area contributed by atoms with Crippen molar-refractivity contribution in [2.45, 2.75) is 12.5 Å². The Bertz CT molecular complexity index is 1110. The van der Waals surface area contributed by atoms with Gasteiger partial charge in [0, 0.05) is 20.3 Å². The van der Waals surface area contributed by atoms with Crippen molar-refractivity contribution in [3.05, 3.63) is 71.4 Å². The smallest absolute Gasteiger partial charge is 0.263 e. The predicted octanol–water partition coefficient (Wildman–Crippen LogP) is 2.14. The number of aliphatic imine (C=N–C) groups is 2. The van der Waals surface area contributed by atoms with E-state index in [0.29, 0.717) is 11.3 Å². The summed E-state index contributed by atoms with van der Waals surface area (Å²) in [7, 11) is 3.15. The molecule has 1 atom stereocenters. The lowest BCUT2D eigenvalue weighted by atomic mass is 9.82. The Morgan fingerprint density at radius 3 is 2.48 bits per heavy atom. The summed E-state index contributed by atoms with van der Waals surface area (Å²) >= 11 is 0. The van der Waals surface area contributed by atoms with Crippen LogP contribution in [-0.2, 0) is 10.3 Å². The lowest BCUT2D eigenvalue weighted by Crippen LogP contribution is -2.39. The van der Waals surface area contributed by atoms with Crippen molar-refractivity contribution in [2.75, 3.05) is 14.1 Å². The highest BCUT2D eigenvalue weighted by molar-refractivity contribution is 6.28. The van der Waals surface area contributed by atoms with Crippen molar-refractivity contribution in [2.24, 2.45) is 21.5 Å². The first-order valence-corrected chi connectivity index (χ1v) is 8.99. The Hall–Kier alpha value is -3.92. The zero-order valence-electron chi connectivity index (χ0n) is 16.5. The molecule has 1 aliphatic heterocycles. The van der Waals surface area contributed by atoms with Crippen molar-refractivity contribution in [1.82, 2.24) is 4.90 Å². The van der Waals surface area contributed by atoms with E-state index in [-0.39, 0.29) is 17.4 Å². The summed E-state index contributed by atoms with van der Waals surface area (Å²) < 4.78 is 0. The number of hydrogen-bond acceptors (Lipinski definition) is 6. The van der Waals surface area contributed by atoms with Gasteiger partial charge in [-0.25, -0.2) is 4.99 Å². The van der Waals surface area contributed by atoms with Gasteiger partial charge in [-0.1, -0.05) is 30.3 Å². The van der Waals surface area contributed by atoms with Crippen LogP contribution >= 0.6 is 0 Å². The fourth-order valence-electron chi connectivity index (χ4n) is 3.46. The van der Waals surface area contributed by atoms with Gasteiger partial charge in [0.05, 0.1) is 22.9 Å². The number of amides is 1. The lowest BCUT2D eigenvalue weighted by molar-refractivity contribution is -0.122. The normalized spacial score (nSPS) is 22.3. The van der Waals surface area contributed by atoms with E-state index < -0.39 is 5.54 Å². The fraction of sp³-hybridized carbons (Fsp3) is 0.182. The molecule has 1 heterocycles. The monoisotopic (exact) mass is 386 g/mol. The minimum atomic E-state index is -1.02. The first-order valence-electron chi connectivity index (χ1n) is 8.99. The molecule has 146 valence electrons. The molecular formula is C22H22N6O. The molecule has 29 heavy (non-hydrogen) atoms. The maximum atomic E-state index is 12.7. The van der Waals surface area contributed by atoms with Crippen LogP contribution in [0, 0.1) is 11.3 Å². The molecule has 1 aliphatic rings. The molecule has 0 bridgehead atoms. The van der Waals surface area contributed by atoms with Gasteiger partial charge in [0.1, 0.15) is 5.54 Å². The first-order chi connectivity index (χ1) is 13.8. The topological polar surface area (TPSA) is 121 Å². The SMILES string of the molecule is CN=C1C(=CN)C(=O)N(C)C(N)=NC1(C)c1cccc(-c2cccc(C#N)c2)c1. The molecule has 4 N–H and O–H groups in total. The van der Waals surface area contributed by atoms with Crippen molar-refractivity contribution in [3.8, 4) is 17.2 Å².